The Balaban J connectivity index is 1.71. The molecular formula is C17H18N4O3. The first-order valence-corrected chi connectivity index (χ1v) is 7.62. The predicted octanol–water partition coefficient (Wildman–Crippen LogP) is 2.73. The fraction of sp³-hybridized carbons (Fsp3) is 0.235. The summed E-state index contributed by atoms with van der Waals surface area (Å²) >= 11 is 0. The van der Waals surface area contributed by atoms with E-state index in [-0.39, 0.29) is 18.9 Å². The van der Waals surface area contributed by atoms with Crippen molar-refractivity contribution in [1.29, 1.82) is 0 Å². The number of aryl methyl sites for hydroxylation is 1. The van der Waals surface area contributed by atoms with Crippen LogP contribution in [0.2, 0.25) is 0 Å². The van der Waals surface area contributed by atoms with Crippen LogP contribution in [0.5, 0.6) is 0 Å². The number of nitro groups is 1. The Morgan fingerprint density at radius 3 is 2.83 bits per heavy atom. The number of hydrogen-bond donors (Lipinski definition) is 2. The molecule has 1 unspecified atom stereocenters. The Labute approximate surface area is 138 Å². The molecule has 24 heavy (non-hydrogen) atoms. The number of aliphatic hydroxyl groups excluding tert-OH is 1. The summed E-state index contributed by atoms with van der Waals surface area (Å²) in [5.41, 5.74) is 0.920. The van der Waals surface area contributed by atoms with E-state index >= 15 is 0 Å². The number of hydrogen-bond acceptors (Lipinski definition) is 5. The largest absolute Gasteiger partial charge is 0.387 e. The summed E-state index contributed by atoms with van der Waals surface area (Å²) in [6.45, 7) is 2.07. The highest BCUT2D eigenvalue weighted by atomic mass is 16.6. The fourth-order valence-electron chi connectivity index (χ4n) is 2.71. The van der Waals surface area contributed by atoms with Crippen LogP contribution in [-0.4, -0.2) is 32.2 Å². The van der Waals surface area contributed by atoms with E-state index in [9.17, 15) is 15.2 Å². The zero-order valence-corrected chi connectivity index (χ0v) is 13.2. The maximum Gasteiger partial charge on any atom is 0.342 e. The molecule has 1 aromatic heterocycles. The van der Waals surface area contributed by atoms with Gasteiger partial charge < -0.3 is 20.5 Å². The molecule has 3 rings (SSSR count). The van der Waals surface area contributed by atoms with Crippen molar-refractivity contribution >= 4 is 22.3 Å². The van der Waals surface area contributed by atoms with Crippen LogP contribution >= 0.6 is 0 Å². The highest BCUT2D eigenvalue weighted by Gasteiger charge is 2.20. The van der Waals surface area contributed by atoms with Gasteiger partial charge in [0, 0.05) is 24.5 Å². The van der Waals surface area contributed by atoms with Crippen LogP contribution in [0.3, 0.4) is 0 Å². The van der Waals surface area contributed by atoms with E-state index in [0.717, 1.165) is 16.5 Å². The van der Waals surface area contributed by atoms with Crippen molar-refractivity contribution in [2.45, 2.75) is 19.6 Å². The molecule has 0 bridgehead atoms. The van der Waals surface area contributed by atoms with Crippen LogP contribution in [0.25, 0.3) is 10.8 Å². The summed E-state index contributed by atoms with van der Waals surface area (Å²) in [5, 5.41) is 26.6. The number of nitrogens with one attached hydrogen (secondary N) is 1. The Hall–Kier alpha value is -2.93. The van der Waals surface area contributed by atoms with Gasteiger partial charge in [0.1, 0.15) is 18.8 Å². The van der Waals surface area contributed by atoms with Gasteiger partial charge in [0.2, 0.25) is 0 Å². The molecule has 7 nitrogen and oxygen atoms in total. The summed E-state index contributed by atoms with van der Waals surface area (Å²) in [5.74, 6) is 0.391. The molecular weight excluding hydrogens is 308 g/mol. The third-order valence-electron chi connectivity index (χ3n) is 3.93. The summed E-state index contributed by atoms with van der Waals surface area (Å²) in [6, 6.07) is 13.9. The second-order valence-electron chi connectivity index (χ2n) is 5.59. The number of aliphatic hydroxyl groups is 1. The van der Waals surface area contributed by atoms with Gasteiger partial charge in [-0.15, -0.1) is 0 Å². The summed E-state index contributed by atoms with van der Waals surface area (Å²) < 4.78 is 1.41. The van der Waals surface area contributed by atoms with Gasteiger partial charge in [-0.1, -0.05) is 36.4 Å². The third-order valence-corrected chi connectivity index (χ3v) is 3.93. The Kier molecular flexibility index (Phi) is 4.43. The minimum absolute atomic E-state index is 0.111. The molecule has 0 aliphatic rings. The molecule has 124 valence electrons. The Morgan fingerprint density at radius 1 is 1.29 bits per heavy atom. The summed E-state index contributed by atoms with van der Waals surface area (Å²) in [6.07, 6.45) is 0.427. The first kappa shape index (κ1) is 15.9. The van der Waals surface area contributed by atoms with Crippen LogP contribution < -0.4 is 5.32 Å². The van der Waals surface area contributed by atoms with Crippen LogP contribution in [-0.2, 0) is 6.54 Å². The minimum atomic E-state index is -0.782. The van der Waals surface area contributed by atoms with Gasteiger partial charge in [0.05, 0.1) is 0 Å². The van der Waals surface area contributed by atoms with Crippen molar-refractivity contribution in [2.24, 2.45) is 0 Å². The number of anilines is 1. The van der Waals surface area contributed by atoms with Crippen molar-refractivity contribution in [3.63, 3.8) is 0 Å². The molecule has 2 N–H and O–H groups in total. The van der Waals surface area contributed by atoms with Gasteiger partial charge in [-0.25, -0.2) is 9.55 Å². The van der Waals surface area contributed by atoms with Gasteiger partial charge in [-0.05, 0) is 16.4 Å². The number of imidazole rings is 1. The van der Waals surface area contributed by atoms with E-state index in [4.69, 9.17) is 0 Å². The average molecular weight is 326 g/mol. The van der Waals surface area contributed by atoms with Gasteiger partial charge >= 0.3 is 5.82 Å². The third kappa shape index (κ3) is 3.21. The Morgan fingerprint density at radius 2 is 2.04 bits per heavy atom. The quantitative estimate of drug-likeness (QED) is 0.536. The normalized spacial score (nSPS) is 12.2. The average Bonchev–Trinajstić information content (AvgIpc) is 2.94. The van der Waals surface area contributed by atoms with Crippen molar-refractivity contribution < 1.29 is 10.0 Å². The van der Waals surface area contributed by atoms with Crippen molar-refractivity contribution in [3.05, 3.63) is 64.6 Å². The molecule has 0 radical (unpaired) electrons. The highest BCUT2D eigenvalue weighted by molar-refractivity contribution is 5.93. The zero-order valence-electron chi connectivity index (χ0n) is 13.2. The minimum Gasteiger partial charge on any atom is -0.387 e. The lowest BCUT2D eigenvalue weighted by molar-refractivity contribution is -0.392. The SMILES string of the molecule is Cc1ncc([N+](=O)[O-])n1CC(O)CNc1cccc2ccccc12. The fourth-order valence-corrected chi connectivity index (χ4v) is 2.71. The van der Waals surface area contributed by atoms with E-state index in [0.29, 0.717) is 5.82 Å². The van der Waals surface area contributed by atoms with E-state index in [2.05, 4.69) is 10.3 Å². The lowest BCUT2D eigenvalue weighted by Crippen LogP contribution is -2.26. The highest BCUT2D eigenvalue weighted by Crippen LogP contribution is 2.23. The second-order valence-corrected chi connectivity index (χ2v) is 5.59. The first-order chi connectivity index (χ1) is 11.6. The van der Waals surface area contributed by atoms with E-state index in [1.54, 1.807) is 6.92 Å². The molecule has 0 aliphatic carbocycles. The van der Waals surface area contributed by atoms with Gasteiger partial charge in [-0.3, -0.25) is 0 Å². The summed E-state index contributed by atoms with van der Waals surface area (Å²) in [4.78, 5) is 14.4. The number of aromatic nitrogens is 2. The second kappa shape index (κ2) is 6.67. The van der Waals surface area contributed by atoms with E-state index < -0.39 is 11.0 Å². The molecule has 1 atom stereocenters. The van der Waals surface area contributed by atoms with Crippen LogP contribution in [0, 0.1) is 17.0 Å². The molecule has 0 saturated heterocycles. The molecule has 0 saturated carbocycles. The molecule has 2 aromatic carbocycles. The maximum absolute atomic E-state index is 11.0. The smallest absolute Gasteiger partial charge is 0.342 e. The lowest BCUT2D eigenvalue weighted by atomic mass is 10.1. The van der Waals surface area contributed by atoms with E-state index in [1.807, 2.05) is 42.5 Å². The van der Waals surface area contributed by atoms with Gasteiger partial charge in [-0.2, -0.15) is 0 Å². The molecule has 1 heterocycles. The standard InChI is InChI=1S/C17H18N4O3/c1-12-18-10-17(21(23)24)20(12)11-14(22)9-19-16-8-4-6-13-5-2-3-7-15(13)16/h2-8,10,14,19,22H,9,11H2,1H3. The molecule has 3 aromatic rings. The van der Waals surface area contributed by atoms with Crippen molar-refractivity contribution in [3.8, 4) is 0 Å². The van der Waals surface area contributed by atoms with Gasteiger partial charge in [0.15, 0.2) is 5.82 Å². The van der Waals surface area contributed by atoms with Gasteiger partial charge in [0.25, 0.3) is 0 Å². The summed E-state index contributed by atoms with van der Waals surface area (Å²) in [7, 11) is 0. The Bertz CT molecular complexity index is 870. The lowest BCUT2D eigenvalue weighted by Gasteiger charge is -2.14. The maximum atomic E-state index is 11.0. The monoisotopic (exact) mass is 326 g/mol. The van der Waals surface area contributed by atoms with E-state index in [1.165, 1.54) is 10.8 Å². The van der Waals surface area contributed by atoms with Crippen LogP contribution in [0.15, 0.2) is 48.7 Å². The molecule has 0 spiro atoms. The van der Waals surface area contributed by atoms with Crippen molar-refractivity contribution in [1.82, 2.24) is 9.55 Å². The molecule has 7 heteroatoms. The number of rotatable bonds is 6. The first-order valence-electron chi connectivity index (χ1n) is 7.62. The topological polar surface area (TPSA) is 93.2 Å². The zero-order chi connectivity index (χ0) is 17.1. The number of fused-ring (bicyclic) bond motifs is 1. The molecule has 0 fully saturated rings. The molecule has 0 amide bonds. The number of benzene rings is 2. The van der Waals surface area contributed by atoms with Crippen LogP contribution in [0.1, 0.15) is 5.82 Å². The molecule has 0 aliphatic heterocycles. The van der Waals surface area contributed by atoms with Crippen molar-refractivity contribution in [2.75, 3.05) is 11.9 Å². The van der Waals surface area contributed by atoms with Crippen LogP contribution in [0.4, 0.5) is 11.5 Å². The predicted molar refractivity (Wildman–Crippen MR) is 92.1 cm³/mol. The number of nitrogens with zero attached hydrogens (tertiary/aromatic N) is 3.